The molecule has 3 fully saturated rings. The Morgan fingerprint density at radius 1 is 1.08 bits per heavy atom. The zero-order valence-corrected chi connectivity index (χ0v) is 22.7. The first-order valence-corrected chi connectivity index (χ1v) is 13.9. The van der Waals surface area contributed by atoms with Gasteiger partial charge in [0.1, 0.15) is 23.4 Å². The van der Waals surface area contributed by atoms with Crippen molar-refractivity contribution in [3.05, 3.63) is 59.4 Å². The molecule has 9 heteroatoms. The van der Waals surface area contributed by atoms with Crippen molar-refractivity contribution in [2.24, 2.45) is 12.5 Å². The van der Waals surface area contributed by atoms with Crippen LogP contribution in [0.1, 0.15) is 62.8 Å². The van der Waals surface area contributed by atoms with Crippen LogP contribution in [0.2, 0.25) is 0 Å². The molecule has 1 spiro atoms. The zero-order valence-electron chi connectivity index (χ0n) is 22.7. The van der Waals surface area contributed by atoms with Crippen molar-refractivity contribution in [1.82, 2.24) is 24.8 Å². The number of amides is 3. The summed E-state index contributed by atoms with van der Waals surface area (Å²) in [5.41, 5.74) is 4.53. The summed E-state index contributed by atoms with van der Waals surface area (Å²) >= 11 is 0. The Balaban J connectivity index is 1.07. The Morgan fingerprint density at radius 3 is 2.56 bits per heavy atom. The normalized spacial score (nSPS) is 22.9. The van der Waals surface area contributed by atoms with Crippen LogP contribution in [-0.4, -0.2) is 44.0 Å². The van der Waals surface area contributed by atoms with Crippen LogP contribution in [0.3, 0.4) is 0 Å². The second-order valence-corrected chi connectivity index (χ2v) is 12.0. The van der Waals surface area contributed by atoms with Gasteiger partial charge < -0.3 is 9.30 Å². The summed E-state index contributed by atoms with van der Waals surface area (Å²) < 4.78 is 8.15. The molecule has 4 aliphatic rings. The monoisotopic (exact) mass is 526 g/mol. The van der Waals surface area contributed by atoms with E-state index in [1.807, 2.05) is 17.7 Å². The van der Waals surface area contributed by atoms with Crippen LogP contribution in [0, 0.1) is 5.41 Å². The van der Waals surface area contributed by atoms with Crippen molar-refractivity contribution in [3.8, 4) is 17.3 Å². The summed E-state index contributed by atoms with van der Waals surface area (Å²) in [6.07, 6.45) is 7.51. The van der Waals surface area contributed by atoms with Gasteiger partial charge in [0.15, 0.2) is 5.82 Å². The van der Waals surface area contributed by atoms with Gasteiger partial charge >= 0.3 is 6.03 Å². The van der Waals surface area contributed by atoms with Crippen LogP contribution in [0.5, 0.6) is 5.75 Å². The molecule has 4 heterocycles. The van der Waals surface area contributed by atoms with Gasteiger partial charge in [0.25, 0.3) is 0 Å². The van der Waals surface area contributed by atoms with Crippen molar-refractivity contribution >= 4 is 17.8 Å². The van der Waals surface area contributed by atoms with E-state index in [4.69, 9.17) is 9.72 Å². The number of benzene rings is 1. The lowest BCUT2D eigenvalue weighted by Crippen LogP contribution is -2.50. The molecule has 2 aliphatic heterocycles. The van der Waals surface area contributed by atoms with E-state index in [-0.39, 0.29) is 17.9 Å². The van der Waals surface area contributed by atoms with Gasteiger partial charge in [0, 0.05) is 38.5 Å². The highest BCUT2D eigenvalue weighted by Crippen LogP contribution is 2.61. The Bertz CT molecular complexity index is 1470. The van der Waals surface area contributed by atoms with E-state index in [0.29, 0.717) is 29.7 Å². The number of imidazole rings is 1. The van der Waals surface area contributed by atoms with Gasteiger partial charge in [-0.25, -0.2) is 14.8 Å². The zero-order chi connectivity index (χ0) is 26.9. The quantitative estimate of drug-likeness (QED) is 0.509. The third kappa shape index (κ3) is 4.02. The lowest BCUT2D eigenvalue weighted by atomic mass is 9.78. The molecule has 202 valence electrons. The van der Waals surface area contributed by atoms with Crippen molar-refractivity contribution in [2.75, 3.05) is 11.4 Å². The van der Waals surface area contributed by atoms with Crippen molar-refractivity contribution in [2.45, 2.75) is 70.7 Å². The lowest BCUT2D eigenvalue weighted by molar-refractivity contribution is -0.120. The molecule has 1 N–H and O–H groups in total. The molecule has 2 aliphatic carbocycles. The summed E-state index contributed by atoms with van der Waals surface area (Å²) in [6, 6.07) is 12.3. The summed E-state index contributed by atoms with van der Waals surface area (Å²) in [5, 5.41) is 2.37. The molecule has 39 heavy (non-hydrogen) atoms. The van der Waals surface area contributed by atoms with Crippen molar-refractivity contribution in [1.29, 1.82) is 0 Å². The number of nitrogens with zero attached hydrogens (tertiary/aromatic N) is 5. The molecular weight excluding hydrogens is 492 g/mol. The van der Waals surface area contributed by atoms with Gasteiger partial charge in [-0.15, -0.1) is 0 Å². The largest absolute Gasteiger partial charge is 0.490 e. The van der Waals surface area contributed by atoms with Gasteiger partial charge in [0.2, 0.25) is 5.91 Å². The minimum absolute atomic E-state index is 0.254. The maximum atomic E-state index is 12.4. The number of carbonyl (C=O) groups excluding carboxylic acids is 2. The molecular formula is C30H34N6O3. The van der Waals surface area contributed by atoms with Gasteiger partial charge in [-0.3, -0.25) is 19.9 Å². The second kappa shape index (κ2) is 8.64. The number of pyridine rings is 1. The predicted octanol–water partition coefficient (Wildman–Crippen LogP) is 4.50. The van der Waals surface area contributed by atoms with Gasteiger partial charge in [-0.1, -0.05) is 18.2 Å². The molecule has 0 unspecified atom stereocenters. The average Bonchev–Trinajstić information content (AvgIpc) is 3.61. The second-order valence-electron chi connectivity index (χ2n) is 12.0. The minimum Gasteiger partial charge on any atom is -0.490 e. The van der Waals surface area contributed by atoms with Crippen LogP contribution >= 0.6 is 0 Å². The average molecular weight is 527 g/mol. The van der Waals surface area contributed by atoms with Gasteiger partial charge in [0.05, 0.1) is 17.4 Å². The number of anilines is 1. The number of carbonyl (C=O) groups is 2. The molecule has 2 aromatic heterocycles. The van der Waals surface area contributed by atoms with Gasteiger partial charge in [-0.2, -0.15) is 0 Å². The third-order valence-corrected chi connectivity index (χ3v) is 9.29. The number of nitrogens with one attached hydrogen (secondary N) is 1. The van der Waals surface area contributed by atoms with Gasteiger partial charge in [-0.05, 0) is 68.9 Å². The van der Waals surface area contributed by atoms with Crippen LogP contribution in [0.15, 0.2) is 42.6 Å². The maximum absolute atomic E-state index is 12.4. The number of fused-ring (bicyclic) bond motifs is 1. The molecule has 0 bridgehead atoms. The Morgan fingerprint density at radius 2 is 1.87 bits per heavy atom. The Kier molecular flexibility index (Phi) is 5.39. The fourth-order valence-corrected chi connectivity index (χ4v) is 6.39. The molecule has 1 atom stereocenters. The molecule has 3 amide bonds. The van der Waals surface area contributed by atoms with Crippen molar-refractivity contribution < 1.29 is 14.3 Å². The highest BCUT2D eigenvalue weighted by molar-refractivity contribution is 6.05. The fourth-order valence-electron chi connectivity index (χ4n) is 6.39. The first-order chi connectivity index (χ1) is 18.7. The minimum atomic E-state index is -0.422. The van der Waals surface area contributed by atoms with E-state index in [9.17, 15) is 9.59 Å². The Labute approximate surface area is 228 Å². The summed E-state index contributed by atoms with van der Waals surface area (Å²) in [4.78, 5) is 37.6. The standard InChI is InChI=1S/C30H34N6O3/c1-29(2)26-20(18-35(29)17-19-4-7-21(8-5-19)39-23-10-12-30(23)13-14-30)6-9-22(32-26)27-31-16-25(34(27)3)36-15-11-24(37)33-28(36)38/h4-9,16,23H,10-15,17-18H2,1-3H3,(H,33,37,38)/t23-/m1/s1. The number of hydrogen-bond acceptors (Lipinski definition) is 6. The Hall–Kier alpha value is -3.72. The highest BCUT2D eigenvalue weighted by Gasteiger charge is 2.57. The van der Waals surface area contributed by atoms with E-state index in [2.05, 4.69) is 59.4 Å². The highest BCUT2D eigenvalue weighted by atomic mass is 16.5. The number of urea groups is 1. The number of ether oxygens (including phenoxy) is 1. The number of imide groups is 1. The SMILES string of the molecule is Cn1c(N2CCC(=O)NC2=O)cnc1-c1ccc2c(n1)C(C)(C)N(Cc1ccc(O[C@@H]3CCC34CC4)cc1)C2. The van der Waals surface area contributed by atoms with Crippen molar-refractivity contribution in [3.63, 3.8) is 0 Å². The number of hydrogen-bond donors (Lipinski definition) is 1. The molecule has 7 rings (SSSR count). The number of aromatic nitrogens is 3. The van der Waals surface area contributed by atoms with Crippen LogP contribution in [0.4, 0.5) is 10.6 Å². The summed E-state index contributed by atoms with van der Waals surface area (Å²) in [5.74, 6) is 2.04. The third-order valence-electron chi connectivity index (χ3n) is 9.29. The molecule has 9 nitrogen and oxygen atoms in total. The summed E-state index contributed by atoms with van der Waals surface area (Å²) in [7, 11) is 1.87. The molecule has 0 radical (unpaired) electrons. The molecule has 2 saturated carbocycles. The van der Waals surface area contributed by atoms with Crippen LogP contribution in [-0.2, 0) is 30.5 Å². The van der Waals surface area contributed by atoms with Crippen LogP contribution in [0.25, 0.3) is 11.5 Å². The first-order valence-electron chi connectivity index (χ1n) is 13.9. The molecule has 1 aromatic carbocycles. The first kappa shape index (κ1) is 24.3. The van der Waals surface area contributed by atoms with E-state index in [0.717, 1.165) is 30.2 Å². The topological polar surface area (TPSA) is 92.6 Å². The van der Waals surface area contributed by atoms with E-state index in [1.165, 1.54) is 36.8 Å². The predicted molar refractivity (Wildman–Crippen MR) is 146 cm³/mol. The van der Waals surface area contributed by atoms with E-state index in [1.54, 1.807) is 11.1 Å². The molecule has 3 aromatic rings. The van der Waals surface area contributed by atoms with E-state index >= 15 is 0 Å². The van der Waals surface area contributed by atoms with Crippen LogP contribution < -0.4 is 15.0 Å². The van der Waals surface area contributed by atoms with E-state index < -0.39 is 6.03 Å². The lowest BCUT2D eigenvalue weighted by Gasteiger charge is -2.37. The molecule has 1 saturated heterocycles. The smallest absolute Gasteiger partial charge is 0.329 e. The maximum Gasteiger partial charge on any atom is 0.329 e. The summed E-state index contributed by atoms with van der Waals surface area (Å²) in [6.45, 7) is 6.42. The number of rotatable bonds is 6. The fraction of sp³-hybridized carbons (Fsp3) is 0.467.